The number of carbonyl (C=O) groups is 1. The first-order chi connectivity index (χ1) is 21.5. The van der Waals surface area contributed by atoms with Gasteiger partial charge in [-0.3, -0.25) is 13.9 Å². The fourth-order valence-corrected chi connectivity index (χ4v) is 5.99. The minimum Gasteiger partial charge on any atom is -0.464 e. The minimum atomic E-state index is -4.54. The monoisotopic (exact) mass is 644 g/mol. The number of aliphatic hydroxyl groups excluding tert-OH is 2. The SMILES string of the molecule is CCC(CC)COC(=O)[C@H](C)NP(=O)(OC[C@H]1O[C@@](C#N)(c2ccc3c(N)ncnn23)[C@H](O)[C@@H]1O)ON=C(N)c1ccccc1. The van der Waals surface area contributed by atoms with Gasteiger partial charge in [0.2, 0.25) is 5.60 Å². The first-order valence-electron chi connectivity index (χ1n) is 14.3. The quantitative estimate of drug-likeness (QED) is 0.0550. The third kappa shape index (κ3) is 7.25. The molecule has 242 valence electrons. The molecule has 0 amide bonds. The van der Waals surface area contributed by atoms with E-state index in [0.29, 0.717) is 11.1 Å². The maximum absolute atomic E-state index is 13.9. The standard InChI is InChI=1S/C28H37N8O8P/c1-4-18(5-2)13-41-27(39)17(3)35-45(40,44-34-25(30)19-9-7-6-8-10-19)42-14-21-23(37)24(38)28(15-29,43-21)22-12-11-20-26(31)32-16-33-36(20)22/h6-12,16-18,21,23-24,37-38H,4-5,13-14H2,1-3H3,(H2,30,34)(H,35,40)(H2,31,32,33)/t17-,21+,23+,24+,28-,45?/m0/s1. The third-order valence-corrected chi connectivity index (χ3v) is 9.02. The third-order valence-electron chi connectivity index (χ3n) is 7.53. The number of esters is 1. The van der Waals surface area contributed by atoms with E-state index < -0.39 is 50.3 Å². The summed E-state index contributed by atoms with van der Waals surface area (Å²) in [6, 6.07) is 12.2. The van der Waals surface area contributed by atoms with Crippen LogP contribution in [0.15, 0.2) is 53.9 Å². The molecule has 17 heteroatoms. The molecule has 6 atom stereocenters. The van der Waals surface area contributed by atoms with Gasteiger partial charge in [-0.25, -0.2) is 14.1 Å². The van der Waals surface area contributed by atoms with E-state index in [0.717, 1.165) is 19.2 Å². The Kier molecular flexibility index (Phi) is 10.8. The number of nitrogens with one attached hydrogen (secondary N) is 1. The van der Waals surface area contributed by atoms with Crippen LogP contribution in [0.5, 0.6) is 0 Å². The van der Waals surface area contributed by atoms with Crippen LogP contribution in [-0.4, -0.2) is 74.2 Å². The molecule has 1 unspecified atom stereocenters. The summed E-state index contributed by atoms with van der Waals surface area (Å²) < 4.78 is 37.2. The lowest BCUT2D eigenvalue weighted by Crippen LogP contribution is -2.41. The number of ether oxygens (including phenoxy) is 2. The number of hydrogen-bond donors (Lipinski definition) is 5. The zero-order valence-corrected chi connectivity index (χ0v) is 25.9. The Hall–Kier alpha value is -4.10. The van der Waals surface area contributed by atoms with Gasteiger partial charge in [-0.15, -0.1) is 0 Å². The predicted octanol–water partition coefficient (Wildman–Crippen LogP) is 1.57. The fraction of sp³-hybridized carbons (Fsp3) is 0.464. The van der Waals surface area contributed by atoms with Crippen molar-refractivity contribution in [1.29, 1.82) is 5.26 Å². The molecule has 0 radical (unpaired) electrons. The van der Waals surface area contributed by atoms with Crippen molar-refractivity contribution in [2.45, 2.75) is 63.6 Å². The van der Waals surface area contributed by atoms with Gasteiger partial charge in [-0.2, -0.15) is 15.4 Å². The van der Waals surface area contributed by atoms with Crippen molar-refractivity contribution in [3.8, 4) is 6.07 Å². The summed E-state index contributed by atoms with van der Waals surface area (Å²) in [7, 11) is -4.54. The van der Waals surface area contributed by atoms with Crippen LogP contribution in [0.4, 0.5) is 5.82 Å². The van der Waals surface area contributed by atoms with Crippen molar-refractivity contribution in [1.82, 2.24) is 19.7 Å². The van der Waals surface area contributed by atoms with Gasteiger partial charge < -0.3 is 31.2 Å². The molecular weight excluding hydrogens is 607 g/mol. The highest BCUT2D eigenvalue weighted by atomic mass is 31.2. The molecule has 45 heavy (non-hydrogen) atoms. The zero-order chi connectivity index (χ0) is 32.8. The number of aliphatic hydroxyl groups is 2. The van der Waals surface area contributed by atoms with Crippen molar-refractivity contribution in [3.05, 3.63) is 60.0 Å². The molecule has 4 rings (SSSR count). The number of nitrogen functional groups attached to an aromatic ring is 1. The Morgan fingerprint density at radius 3 is 2.64 bits per heavy atom. The average molecular weight is 645 g/mol. The van der Waals surface area contributed by atoms with E-state index >= 15 is 0 Å². The maximum atomic E-state index is 13.9. The van der Waals surface area contributed by atoms with Crippen LogP contribution in [0.2, 0.25) is 0 Å². The number of nitrogens with two attached hydrogens (primary N) is 2. The van der Waals surface area contributed by atoms with Gasteiger partial charge in [0.15, 0.2) is 11.7 Å². The second kappa shape index (κ2) is 14.3. The van der Waals surface area contributed by atoms with E-state index in [-0.39, 0.29) is 29.9 Å². The van der Waals surface area contributed by atoms with Crippen molar-refractivity contribution in [3.63, 3.8) is 0 Å². The molecule has 0 saturated carbocycles. The van der Waals surface area contributed by atoms with Crippen molar-refractivity contribution < 1.29 is 38.2 Å². The molecule has 7 N–H and O–H groups in total. The number of carbonyl (C=O) groups excluding carboxylic acids is 1. The van der Waals surface area contributed by atoms with Gasteiger partial charge in [0.05, 0.1) is 18.9 Å². The second-order valence-corrected chi connectivity index (χ2v) is 12.2. The highest BCUT2D eigenvalue weighted by Gasteiger charge is 2.58. The lowest BCUT2D eigenvalue weighted by atomic mass is 9.92. The molecule has 1 aromatic carbocycles. The molecule has 1 aliphatic heterocycles. The lowest BCUT2D eigenvalue weighted by Gasteiger charge is -2.24. The van der Waals surface area contributed by atoms with Gasteiger partial charge in [0.1, 0.15) is 42.3 Å². The van der Waals surface area contributed by atoms with Gasteiger partial charge >= 0.3 is 13.7 Å². The number of aromatic nitrogens is 3. The second-order valence-electron chi connectivity index (χ2n) is 10.5. The van der Waals surface area contributed by atoms with Crippen LogP contribution in [0.3, 0.4) is 0 Å². The molecule has 16 nitrogen and oxygen atoms in total. The van der Waals surface area contributed by atoms with Gasteiger partial charge in [0, 0.05) is 5.56 Å². The van der Waals surface area contributed by atoms with Gasteiger partial charge in [-0.1, -0.05) is 62.2 Å². The molecule has 1 fully saturated rings. The number of anilines is 1. The number of amidine groups is 1. The molecule has 1 aliphatic rings. The molecule has 0 spiro atoms. The summed E-state index contributed by atoms with van der Waals surface area (Å²) >= 11 is 0. The van der Waals surface area contributed by atoms with E-state index in [9.17, 15) is 24.8 Å². The normalized spacial score (nSPS) is 23.8. The highest BCUT2D eigenvalue weighted by Crippen LogP contribution is 2.47. The number of fused-ring (bicyclic) bond motifs is 1. The Morgan fingerprint density at radius 1 is 1.27 bits per heavy atom. The average Bonchev–Trinajstić information content (AvgIpc) is 3.59. The van der Waals surface area contributed by atoms with Crippen molar-refractivity contribution in [2.24, 2.45) is 16.8 Å². The van der Waals surface area contributed by atoms with Gasteiger partial charge in [-0.05, 0) is 25.0 Å². The Labute approximate surface area is 259 Å². The van der Waals surface area contributed by atoms with E-state index in [1.807, 2.05) is 19.9 Å². The number of hydrogen-bond acceptors (Lipinski definition) is 13. The van der Waals surface area contributed by atoms with Crippen molar-refractivity contribution >= 4 is 30.9 Å². The lowest BCUT2D eigenvalue weighted by molar-refractivity contribution is -0.146. The number of benzene rings is 1. The summed E-state index contributed by atoms with van der Waals surface area (Å²) in [6.07, 6.45) is -2.11. The molecular formula is C28H37N8O8P. The Balaban J connectivity index is 1.55. The minimum absolute atomic E-state index is 0.0646. The molecule has 3 heterocycles. The Bertz CT molecular complexity index is 1590. The number of rotatable bonds is 14. The van der Waals surface area contributed by atoms with Crippen LogP contribution in [0, 0.1) is 17.2 Å². The summed E-state index contributed by atoms with van der Waals surface area (Å²) in [4.78, 5) is 16.6. The van der Waals surface area contributed by atoms with E-state index in [2.05, 4.69) is 20.3 Å². The van der Waals surface area contributed by atoms with E-state index in [1.54, 1.807) is 30.3 Å². The molecule has 1 saturated heterocycles. The van der Waals surface area contributed by atoms with Gasteiger partial charge in [0.25, 0.3) is 0 Å². The van der Waals surface area contributed by atoms with Crippen LogP contribution in [0.1, 0.15) is 44.9 Å². The molecule has 2 aromatic heterocycles. The number of nitrogens with zero attached hydrogens (tertiary/aromatic N) is 5. The van der Waals surface area contributed by atoms with Crippen LogP contribution in [-0.2, 0) is 33.6 Å². The van der Waals surface area contributed by atoms with E-state index in [4.69, 9.17) is 30.1 Å². The fourth-order valence-electron chi connectivity index (χ4n) is 4.70. The number of oxime groups is 1. The van der Waals surface area contributed by atoms with Crippen LogP contribution >= 0.6 is 7.75 Å². The summed E-state index contributed by atoms with van der Waals surface area (Å²) in [6.45, 7) is 4.85. The topological polar surface area (TPSA) is 242 Å². The maximum Gasteiger partial charge on any atom is 0.479 e. The van der Waals surface area contributed by atoms with Crippen LogP contribution in [0.25, 0.3) is 5.52 Å². The summed E-state index contributed by atoms with van der Waals surface area (Å²) in [5.74, 6) is -0.581. The van der Waals surface area contributed by atoms with Crippen LogP contribution < -0.4 is 16.6 Å². The first kappa shape index (κ1) is 33.8. The molecule has 0 aliphatic carbocycles. The Morgan fingerprint density at radius 2 is 1.98 bits per heavy atom. The number of nitriles is 1. The largest absolute Gasteiger partial charge is 0.479 e. The zero-order valence-electron chi connectivity index (χ0n) is 25.0. The molecule has 3 aromatic rings. The molecule has 0 bridgehead atoms. The van der Waals surface area contributed by atoms with Crippen molar-refractivity contribution in [2.75, 3.05) is 18.9 Å². The summed E-state index contributed by atoms with van der Waals surface area (Å²) in [5, 5.41) is 42.4. The first-order valence-corrected chi connectivity index (χ1v) is 15.8. The predicted molar refractivity (Wildman–Crippen MR) is 161 cm³/mol. The van der Waals surface area contributed by atoms with E-state index in [1.165, 1.54) is 23.6 Å². The smallest absolute Gasteiger partial charge is 0.464 e. The summed E-state index contributed by atoms with van der Waals surface area (Å²) in [5.41, 5.74) is 10.6. The highest BCUT2D eigenvalue weighted by molar-refractivity contribution is 7.51.